The van der Waals surface area contributed by atoms with Gasteiger partial charge >= 0.3 is 6.16 Å². The summed E-state index contributed by atoms with van der Waals surface area (Å²) in [4.78, 5) is 37.1. The number of carbonyl (C=O) groups excluding carboxylic acids is 3. The number of nitrogens with one attached hydrogen (secondary N) is 1. The van der Waals surface area contributed by atoms with E-state index in [1.807, 2.05) is 0 Å². The summed E-state index contributed by atoms with van der Waals surface area (Å²) in [6.45, 7) is 3.88. The second-order valence-corrected chi connectivity index (χ2v) is 6.28. The molecule has 2 amide bonds. The Kier molecular flexibility index (Phi) is 8.06. The third-order valence-corrected chi connectivity index (χ3v) is 4.33. The van der Waals surface area contributed by atoms with Crippen molar-refractivity contribution in [2.24, 2.45) is 5.92 Å². The van der Waals surface area contributed by atoms with Gasteiger partial charge in [0.2, 0.25) is 5.91 Å². The minimum atomic E-state index is -0.767. The molecule has 0 bridgehead atoms. The van der Waals surface area contributed by atoms with Gasteiger partial charge in [0.05, 0.1) is 6.61 Å². The summed E-state index contributed by atoms with van der Waals surface area (Å²) >= 11 is 0. The molecular formula is C19H26N2O6. The lowest BCUT2D eigenvalue weighted by molar-refractivity contribution is -0.125. The zero-order chi connectivity index (χ0) is 19.6. The lowest BCUT2D eigenvalue weighted by atomic mass is 9.96. The van der Waals surface area contributed by atoms with E-state index in [1.54, 1.807) is 36.1 Å². The Morgan fingerprint density at radius 3 is 2.41 bits per heavy atom. The quantitative estimate of drug-likeness (QED) is 0.575. The van der Waals surface area contributed by atoms with Crippen molar-refractivity contribution in [1.82, 2.24) is 10.2 Å². The summed E-state index contributed by atoms with van der Waals surface area (Å²) in [5.74, 6) is 0.506. The van der Waals surface area contributed by atoms with E-state index in [0.29, 0.717) is 36.9 Å². The van der Waals surface area contributed by atoms with Crippen molar-refractivity contribution in [3.8, 4) is 5.75 Å². The van der Waals surface area contributed by atoms with Crippen molar-refractivity contribution >= 4 is 18.0 Å². The van der Waals surface area contributed by atoms with Crippen molar-refractivity contribution in [3.63, 3.8) is 0 Å². The van der Waals surface area contributed by atoms with E-state index in [2.05, 4.69) is 5.32 Å². The monoisotopic (exact) mass is 378 g/mol. The summed E-state index contributed by atoms with van der Waals surface area (Å²) < 4.78 is 14.5. The van der Waals surface area contributed by atoms with E-state index < -0.39 is 6.16 Å². The van der Waals surface area contributed by atoms with Gasteiger partial charge in [0.1, 0.15) is 12.4 Å². The van der Waals surface area contributed by atoms with Crippen molar-refractivity contribution in [1.29, 1.82) is 0 Å². The van der Waals surface area contributed by atoms with Crippen molar-refractivity contribution < 1.29 is 28.6 Å². The highest BCUT2D eigenvalue weighted by Crippen LogP contribution is 2.20. The Bertz CT molecular complexity index is 638. The summed E-state index contributed by atoms with van der Waals surface area (Å²) in [6, 6.07) is 6.41. The molecule has 0 spiro atoms. The number of rotatable bonds is 7. The molecule has 1 aromatic carbocycles. The lowest BCUT2D eigenvalue weighted by Gasteiger charge is -2.32. The average molecular weight is 378 g/mol. The molecule has 0 atom stereocenters. The minimum absolute atomic E-state index is 0.0560. The van der Waals surface area contributed by atoms with Crippen molar-refractivity contribution in [2.45, 2.75) is 19.8 Å². The van der Waals surface area contributed by atoms with E-state index in [4.69, 9.17) is 14.2 Å². The average Bonchev–Trinajstić information content (AvgIpc) is 2.67. The highest BCUT2D eigenvalue weighted by Gasteiger charge is 2.24. The summed E-state index contributed by atoms with van der Waals surface area (Å²) in [5.41, 5.74) is 0.540. The molecule has 1 heterocycles. The van der Waals surface area contributed by atoms with Crippen LogP contribution in [-0.4, -0.2) is 62.8 Å². The van der Waals surface area contributed by atoms with Crippen LogP contribution in [-0.2, 0) is 14.3 Å². The smallest absolute Gasteiger partial charge is 0.434 e. The number of methoxy groups -OCH3 is 1. The maximum absolute atomic E-state index is 12.6. The van der Waals surface area contributed by atoms with Crippen LogP contribution in [0.25, 0.3) is 0 Å². The van der Waals surface area contributed by atoms with Gasteiger partial charge in [-0.1, -0.05) is 0 Å². The lowest BCUT2D eigenvalue weighted by Crippen LogP contribution is -2.42. The van der Waals surface area contributed by atoms with Crippen LogP contribution in [0.5, 0.6) is 5.75 Å². The number of amides is 2. The SMILES string of the molecule is CCOC(=O)Oc1ccc(C(=O)N2CCC(CNC(=O)COC)CC2)cc1. The van der Waals surface area contributed by atoms with Gasteiger partial charge in [-0.25, -0.2) is 4.79 Å². The van der Waals surface area contributed by atoms with Gasteiger partial charge in [-0.3, -0.25) is 9.59 Å². The van der Waals surface area contributed by atoms with Gasteiger partial charge in [0.15, 0.2) is 0 Å². The molecule has 1 aliphatic heterocycles. The fraction of sp³-hybridized carbons (Fsp3) is 0.526. The number of nitrogens with zero attached hydrogens (tertiary/aromatic N) is 1. The Morgan fingerprint density at radius 2 is 1.81 bits per heavy atom. The summed E-state index contributed by atoms with van der Waals surface area (Å²) in [7, 11) is 1.49. The number of hydrogen-bond donors (Lipinski definition) is 1. The molecule has 1 N–H and O–H groups in total. The first-order valence-electron chi connectivity index (χ1n) is 9.03. The predicted octanol–water partition coefficient (Wildman–Crippen LogP) is 1.84. The van der Waals surface area contributed by atoms with Gasteiger partial charge in [-0.05, 0) is 49.9 Å². The summed E-state index contributed by atoms with van der Waals surface area (Å²) in [6.07, 6.45) is 0.905. The fourth-order valence-electron chi connectivity index (χ4n) is 2.87. The number of piperidine rings is 1. The first-order valence-corrected chi connectivity index (χ1v) is 9.03. The Hall–Kier alpha value is -2.61. The standard InChI is InChI=1S/C19H26N2O6/c1-3-26-19(24)27-16-6-4-15(5-7-16)18(23)21-10-8-14(9-11-21)12-20-17(22)13-25-2/h4-7,14H,3,8-13H2,1-2H3,(H,20,22). The topological polar surface area (TPSA) is 94.2 Å². The van der Waals surface area contributed by atoms with E-state index >= 15 is 0 Å². The Balaban J connectivity index is 1.79. The first kappa shape index (κ1) is 20.7. The molecule has 1 saturated heterocycles. The molecular weight excluding hydrogens is 352 g/mol. The number of benzene rings is 1. The van der Waals surface area contributed by atoms with E-state index in [9.17, 15) is 14.4 Å². The van der Waals surface area contributed by atoms with Gasteiger partial charge < -0.3 is 24.4 Å². The zero-order valence-corrected chi connectivity index (χ0v) is 15.7. The molecule has 0 saturated carbocycles. The molecule has 8 heteroatoms. The van der Waals surface area contributed by atoms with Gasteiger partial charge in [-0.2, -0.15) is 0 Å². The van der Waals surface area contributed by atoms with Gasteiger partial charge in [-0.15, -0.1) is 0 Å². The molecule has 0 unspecified atom stereocenters. The molecule has 27 heavy (non-hydrogen) atoms. The van der Waals surface area contributed by atoms with Crippen LogP contribution in [0.1, 0.15) is 30.1 Å². The molecule has 8 nitrogen and oxygen atoms in total. The third-order valence-electron chi connectivity index (χ3n) is 4.33. The predicted molar refractivity (Wildman–Crippen MR) is 97.6 cm³/mol. The van der Waals surface area contributed by atoms with Crippen LogP contribution in [0.2, 0.25) is 0 Å². The molecule has 1 aliphatic rings. The molecule has 0 aromatic heterocycles. The highest BCUT2D eigenvalue weighted by atomic mass is 16.7. The normalized spacial score (nSPS) is 14.5. The Morgan fingerprint density at radius 1 is 1.15 bits per heavy atom. The molecule has 0 aliphatic carbocycles. The van der Waals surface area contributed by atoms with Crippen LogP contribution in [0.3, 0.4) is 0 Å². The van der Waals surface area contributed by atoms with E-state index in [1.165, 1.54) is 7.11 Å². The Labute approximate surface area is 158 Å². The van der Waals surface area contributed by atoms with E-state index in [-0.39, 0.29) is 25.0 Å². The fourth-order valence-corrected chi connectivity index (χ4v) is 2.87. The molecule has 1 aromatic rings. The zero-order valence-electron chi connectivity index (χ0n) is 15.7. The molecule has 2 rings (SSSR count). The number of ether oxygens (including phenoxy) is 3. The van der Waals surface area contributed by atoms with Gasteiger partial charge in [0, 0.05) is 32.3 Å². The largest absolute Gasteiger partial charge is 0.513 e. The first-order chi connectivity index (χ1) is 13.0. The summed E-state index contributed by atoms with van der Waals surface area (Å²) in [5, 5.41) is 2.84. The maximum Gasteiger partial charge on any atom is 0.513 e. The van der Waals surface area contributed by atoms with Crippen LogP contribution >= 0.6 is 0 Å². The van der Waals surface area contributed by atoms with Crippen molar-refractivity contribution in [2.75, 3.05) is 40.0 Å². The number of carbonyl (C=O) groups is 3. The highest BCUT2D eigenvalue weighted by molar-refractivity contribution is 5.94. The molecule has 0 radical (unpaired) electrons. The minimum Gasteiger partial charge on any atom is -0.434 e. The second-order valence-electron chi connectivity index (χ2n) is 6.28. The van der Waals surface area contributed by atoms with Crippen LogP contribution in [0.15, 0.2) is 24.3 Å². The number of hydrogen-bond acceptors (Lipinski definition) is 6. The third kappa shape index (κ3) is 6.56. The van der Waals surface area contributed by atoms with Crippen LogP contribution in [0, 0.1) is 5.92 Å². The number of likely N-dealkylation sites (tertiary alicyclic amines) is 1. The molecule has 148 valence electrons. The van der Waals surface area contributed by atoms with Crippen molar-refractivity contribution in [3.05, 3.63) is 29.8 Å². The second kappa shape index (κ2) is 10.5. The maximum atomic E-state index is 12.6. The van der Waals surface area contributed by atoms with Crippen LogP contribution < -0.4 is 10.1 Å². The van der Waals surface area contributed by atoms with Crippen LogP contribution in [0.4, 0.5) is 4.79 Å². The van der Waals surface area contributed by atoms with Gasteiger partial charge in [0.25, 0.3) is 5.91 Å². The molecule has 1 fully saturated rings. The van der Waals surface area contributed by atoms with E-state index in [0.717, 1.165) is 12.8 Å².